The largest absolute Gasteiger partial charge is 0.481 e. The number of halogens is 1. The van der Waals surface area contributed by atoms with E-state index in [1.54, 1.807) is 0 Å². The molecule has 0 bridgehead atoms. The van der Waals surface area contributed by atoms with Gasteiger partial charge in [-0.05, 0) is 0 Å². The zero-order valence-corrected chi connectivity index (χ0v) is 13.7. The monoisotopic (exact) mass is 349 g/mol. The predicted molar refractivity (Wildman–Crippen MR) is 64.4 cm³/mol. The molecule has 0 saturated carbocycles. The van der Waals surface area contributed by atoms with Crippen LogP contribution in [0.5, 0.6) is 0 Å². The van der Waals surface area contributed by atoms with E-state index < -0.39 is 44.2 Å². The Bertz CT molecular complexity index is 355. The summed E-state index contributed by atoms with van der Waals surface area (Å²) < 4.78 is 8.88. The first kappa shape index (κ1) is 28.0. The minimum atomic E-state index is -4.64. The molecule has 14 heteroatoms. The Labute approximate surface area is 140 Å². The number of aliphatic hydroxyl groups is 1. The van der Waals surface area contributed by atoms with Crippen LogP contribution in [0.4, 0.5) is 0 Å². The summed E-state index contributed by atoms with van der Waals surface area (Å²) in [6.07, 6.45) is -2.29. The van der Waals surface area contributed by atoms with E-state index in [4.69, 9.17) is 39.7 Å². The molecule has 0 aromatic carbocycles. The number of carbonyl (C=O) groups is 3. The first-order valence-electron chi connectivity index (χ1n) is 3.95. The van der Waals surface area contributed by atoms with Crippen LogP contribution in [0.15, 0.2) is 0 Å². The van der Waals surface area contributed by atoms with Gasteiger partial charge in [0.05, 0.1) is 12.8 Å². The van der Waals surface area contributed by atoms with Crippen molar-refractivity contribution in [3.63, 3.8) is 0 Å². The van der Waals surface area contributed by atoms with E-state index in [0.29, 0.717) is 0 Å². The minimum absolute atomic E-state index is 0. The van der Waals surface area contributed by atoms with Crippen LogP contribution in [0.2, 0.25) is 0 Å². The van der Waals surface area contributed by atoms with Gasteiger partial charge in [-0.1, -0.05) is 0 Å². The molecule has 0 aliphatic rings. The summed E-state index contributed by atoms with van der Waals surface area (Å²) in [7, 11) is -4.64. The summed E-state index contributed by atoms with van der Waals surface area (Å²) in [5, 5.41) is 33.8. The number of rotatable bonds is 5. The first-order valence-corrected chi connectivity index (χ1v) is 5.52. The maximum absolute atomic E-state index is 10.3. The van der Waals surface area contributed by atoms with Gasteiger partial charge in [0.1, 0.15) is 0 Å². The predicted octanol–water partition coefficient (Wildman–Crippen LogP) is -2.14. The average molecular weight is 350 g/mol. The van der Waals surface area contributed by atoms with Crippen LogP contribution < -0.4 is 0 Å². The minimum Gasteiger partial charge on any atom is -0.481 e. The Kier molecular flexibility index (Phi) is 16.0. The fourth-order valence-electron chi connectivity index (χ4n) is 0.714. The molecule has 0 spiro atoms. The van der Waals surface area contributed by atoms with Crippen molar-refractivity contribution in [1.29, 1.82) is 0 Å². The van der Waals surface area contributed by atoms with Crippen molar-refractivity contribution < 1.29 is 54.1 Å². The van der Waals surface area contributed by atoms with Crippen molar-refractivity contribution in [1.82, 2.24) is 0 Å². The van der Waals surface area contributed by atoms with Gasteiger partial charge in [0, 0.05) is 29.6 Å². The zero-order chi connectivity index (χ0) is 15.1. The van der Waals surface area contributed by atoms with Crippen molar-refractivity contribution in [3.8, 4) is 0 Å². The molecule has 0 amide bonds. The molecule has 11 nitrogen and oxygen atoms in total. The van der Waals surface area contributed by atoms with Crippen molar-refractivity contribution in [2.45, 2.75) is 18.4 Å². The van der Waals surface area contributed by atoms with Gasteiger partial charge in [-0.3, -0.25) is 9.59 Å². The zero-order valence-electron chi connectivity index (χ0n) is 10.0. The molecule has 20 heavy (non-hydrogen) atoms. The SMILES string of the molecule is Cl.O=C(O)CC(O)(CC(=O)O)C(=O)O.O=P(O)(O)O.[Na]. The van der Waals surface area contributed by atoms with Crippen LogP contribution in [0.3, 0.4) is 0 Å². The molecule has 0 saturated heterocycles. The number of hydrogen-bond acceptors (Lipinski definition) is 5. The van der Waals surface area contributed by atoms with Gasteiger partial charge < -0.3 is 35.1 Å². The smallest absolute Gasteiger partial charge is 0.466 e. The first-order chi connectivity index (χ1) is 7.78. The second-order valence-corrected chi connectivity index (χ2v) is 4.02. The quantitative estimate of drug-likeness (QED) is 0.210. The molecule has 0 fully saturated rings. The summed E-state index contributed by atoms with van der Waals surface area (Å²) in [5.41, 5.74) is -2.74. The van der Waals surface area contributed by atoms with Gasteiger partial charge in [0.2, 0.25) is 0 Å². The second-order valence-electron chi connectivity index (χ2n) is 2.99. The Morgan fingerprint density at radius 1 is 0.900 bits per heavy atom. The normalized spacial score (nSPS) is 10.0. The molecule has 0 aliphatic carbocycles. The molecule has 0 heterocycles. The van der Waals surface area contributed by atoms with Gasteiger partial charge in [0.25, 0.3) is 0 Å². The summed E-state index contributed by atoms with van der Waals surface area (Å²) in [6.45, 7) is 0. The van der Waals surface area contributed by atoms with Gasteiger partial charge in [-0.15, -0.1) is 12.4 Å². The standard InChI is InChI=1S/C6H8O7.ClH.Na.H3O4P/c7-3(8)1-6(13,5(11)12)2-4(9)10;;;1-5(2,3)4/h13H,1-2H2,(H,7,8)(H,9,10)(H,11,12);1H;;(H3,1,2,3,4). The van der Waals surface area contributed by atoms with E-state index >= 15 is 0 Å². The number of hydrogen-bond donors (Lipinski definition) is 7. The third-order valence-corrected chi connectivity index (χ3v) is 1.29. The van der Waals surface area contributed by atoms with Crippen molar-refractivity contribution in [2.75, 3.05) is 0 Å². The third kappa shape index (κ3) is 20.1. The summed E-state index contributed by atoms with van der Waals surface area (Å²) >= 11 is 0. The maximum Gasteiger partial charge on any atom is 0.466 e. The summed E-state index contributed by atoms with van der Waals surface area (Å²) in [5.74, 6) is -5.02. The van der Waals surface area contributed by atoms with Gasteiger partial charge in [-0.25, -0.2) is 9.36 Å². The molecule has 1 radical (unpaired) electrons. The Morgan fingerprint density at radius 2 is 1.10 bits per heavy atom. The van der Waals surface area contributed by atoms with Crippen LogP contribution in [0.25, 0.3) is 0 Å². The summed E-state index contributed by atoms with van der Waals surface area (Å²) in [4.78, 5) is 52.0. The number of phosphoric acid groups is 1. The Hall–Kier alpha value is -0.230. The summed E-state index contributed by atoms with van der Waals surface area (Å²) in [6, 6.07) is 0. The van der Waals surface area contributed by atoms with Crippen LogP contribution in [-0.4, -0.2) is 88.2 Å². The Morgan fingerprint density at radius 3 is 1.20 bits per heavy atom. The number of carboxylic acid groups (broad SMARTS) is 3. The van der Waals surface area contributed by atoms with Gasteiger partial charge in [0.15, 0.2) is 5.60 Å². The van der Waals surface area contributed by atoms with Gasteiger partial charge in [-0.2, -0.15) is 0 Å². The Balaban J connectivity index is -0.000000158. The topological polar surface area (TPSA) is 210 Å². The molecule has 0 rings (SSSR count). The molecule has 7 N–H and O–H groups in total. The van der Waals surface area contributed by atoms with Crippen molar-refractivity contribution >= 4 is 67.7 Å². The maximum atomic E-state index is 10.3. The third-order valence-electron chi connectivity index (χ3n) is 1.29. The fraction of sp³-hybridized carbons (Fsp3) is 0.500. The molecule has 115 valence electrons. The van der Waals surface area contributed by atoms with E-state index in [1.807, 2.05) is 0 Å². The number of carboxylic acids is 3. The number of aliphatic carboxylic acids is 3. The molecule has 0 aromatic rings. The van der Waals surface area contributed by atoms with Crippen LogP contribution in [0, 0.1) is 0 Å². The fourth-order valence-corrected chi connectivity index (χ4v) is 0.714. The van der Waals surface area contributed by atoms with E-state index in [0.717, 1.165) is 0 Å². The van der Waals surface area contributed by atoms with E-state index in [1.165, 1.54) is 0 Å². The van der Waals surface area contributed by atoms with Crippen molar-refractivity contribution in [3.05, 3.63) is 0 Å². The van der Waals surface area contributed by atoms with Crippen LogP contribution >= 0.6 is 20.2 Å². The molecule has 0 unspecified atom stereocenters. The average Bonchev–Trinajstić information content (AvgIpc) is 1.95. The van der Waals surface area contributed by atoms with Crippen LogP contribution in [-0.2, 0) is 18.9 Å². The van der Waals surface area contributed by atoms with E-state index in [2.05, 4.69) is 0 Å². The van der Waals surface area contributed by atoms with Gasteiger partial charge >= 0.3 is 25.7 Å². The van der Waals surface area contributed by atoms with Crippen molar-refractivity contribution in [2.24, 2.45) is 0 Å². The molecule has 0 aliphatic heterocycles. The van der Waals surface area contributed by atoms with E-state index in [-0.39, 0.29) is 42.0 Å². The second kappa shape index (κ2) is 11.4. The molecular formula is C6H12ClNaO11P. The molecular weight excluding hydrogens is 337 g/mol. The molecule has 0 atom stereocenters. The van der Waals surface area contributed by atoms with E-state index in [9.17, 15) is 14.4 Å². The molecule has 0 aromatic heterocycles. The van der Waals surface area contributed by atoms with Crippen LogP contribution in [0.1, 0.15) is 12.8 Å².